The number of ether oxygens (including phenoxy) is 4. The van der Waals surface area contributed by atoms with Crippen molar-refractivity contribution in [3.8, 4) is 0 Å². The molecule has 0 aromatic heterocycles. The fourth-order valence-electron chi connectivity index (χ4n) is 17.9. The van der Waals surface area contributed by atoms with Gasteiger partial charge in [-0.05, 0) is 144 Å². The highest BCUT2D eigenvalue weighted by atomic mass is 16.7. The van der Waals surface area contributed by atoms with Crippen LogP contribution in [0.5, 0.6) is 0 Å². The Morgan fingerprint density at radius 3 is 1.90 bits per heavy atom. The number of aliphatic hydroxyl groups excluding tert-OH is 12. The van der Waals surface area contributed by atoms with Gasteiger partial charge in [0, 0.05) is 57.0 Å². The average Bonchev–Trinajstić information content (AvgIpc) is 1.30. The maximum absolute atomic E-state index is 14.4. The third kappa shape index (κ3) is 22.5. The number of hydrogen-bond donors (Lipinski definition) is 16. The lowest BCUT2D eigenvalue weighted by Crippen LogP contribution is -2.62. The van der Waals surface area contributed by atoms with Crippen molar-refractivity contribution >= 4 is 17.8 Å². The molecule has 568 valence electrons. The molecule has 0 radical (unpaired) electrons. The zero-order chi connectivity index (χ0) is 73.2. The number of fused-ring (bicyclic) bond motifs is 7. The largest absolute Gasteiger partial charge is 0.462 e. The van der Waals surface area contributed by atoms with Gasteiger partial charge in [-0.15, -0.1) is 0 Å². The van der Waals surface area contributed by atoms with Gasteiger partial charge < -0.3 is 102 Å². The molecule has 30 atom stereocenters. The molecule has 0 spiro atoms. The minimum Gasteiger partial charge on any atom is -0.462 e. The summed E-state index contributed by atoms with van der Waals surface area (Å²) in [7, 11) is 0. The SMILES string of the molecule is C[C@@H]1[C@H](O)[C@@H](C)C=CC=CC=CC=CC=CC=CC=C[C@H](O[C@@H]2O[C@H](C)[C@@H](O)[C@H](N)[C@@H]2O)C[C@@H]2O[C@](O)(C[C@@H](O)C[C@@H](O)[C@H](O)CC[C@@H](O)C[C@@H](O)CC(=O)O[C@H]1C)C[C@H](O)[C@H]2C(=O)NCCCCCCNC(=O)CC[C@@H](C)[C@H]1CC[C@H]2[C@@H]3[C@H](O)C[C@@H]4C[C@H](O)CC[C@]4(C)[C@H]3C[C@H](O)[C@]12C. The first-order valence-corrected chi connectivity index (χ1v) is 37.4. The van der Waals surface area contributed by atoms with E-state index in [9.17, 15) is 80.8 Å². The summed E-state index contributed by atoms with van der Waals surface area (Å²) < 4.78 is 24.1. The number of cyclic esters (lactones) is 1. The van der Waals surface area contributed by atoms with Crippen molar-refractivity contribution in [2.45, 2.75) is 299 Å². The van der Waals surface area contributed by atoms with Crippen molar-refractivity contribution < 1.29 is 99.7 Å². The first-order chi connectivity index (χ1) is 47.4. The van der Waals surface area contributed by atoms with Crippen LogP contribution in [0.4, 0.5) is 0 Å². The van der Waals surface area contributed by atoms with E-state index in [4.69, 9.17) is 24.7 Å². The van der Waals surface area contributed by atoms with Gasteiger partial charge in [-0.25, -0.2) is 0 Å². The van der Waals surface area contributed by atoms with Crippen molar-refractivity contribution in [2.24, 2.45) is 69.8 Å². The van der Waals surface area contributed by atoms with Gasteiger partial charge in [-0.1, -0.05) is 133 Å². The highest BCUT2D eigenvalue weighted by molar-refractivity contribution is 5.80. The second-order valence-electron chi connectivity index (χ2n) is 31.3. The van der Waals surface area contributed by atoms with Crippen LogP contribution in [0.3, 0.4) is 0 Å². The number of nitrogens with one attached hydrogen (secondary N) is 2. The van der Waals surface area contributed by atoms with Crippen LogP contribution in [-0.4, -0.2) is 213 Å². The van der Waals surface area contributed by atoms with Gasteiger partial charge >= 0.3 is 5.97 Å². The van der Waals surface area contributed by atoms with Crippen molar-refractivity contribution in [1.29, 1.82) is 0 Å². The van der Waals surface area contributed by atoms with E-state index in [1.54, 1.807) is 63.3 Å². The van der Waals surface area contributed by atoms with Crippen LogP contribution in [0.15, 0.2) is 85.1 Å². The number of amides is 2. The van der Waals surface area contributed by atoms with Crippen LogP contribution in [0.2, 0.25) is 0 Å². The molecular weight excluding hydrogens is 1290 g/mol. The smallest absolute Gasteiger partial charge is 0.308 e. The van der Waals surface area contributed by atoms with Crippen LogP contribution in [-0.2, 0) is 33.3 Å². The number of nitrogens with two attached hydrogens (primary N) is 1. The number of hydrogen-bond acceptors (Lipinski definition) is 21. The quantitative estimate of drug-likeness (QED) is 0.0820. The second kappa shape index (κ2) is 38.8. The molecule has 4 saturated carbocycles. The van der Waals surface area contributed by atoms with Gasteiger partial charge in [-0.3, -0.25) is 14.4 Å². The van der Waals surface area contributed by atoms with Crippen molar-refractivity contribution in [2.75, 3.05) is 13.1 Å². The summed E-state index contributed by atoms with van der Waals surface area (Å²) in [5.74, 6) is -4.58. The Balaban J connectivity index is 0.963. The highest BCUT2D eigenvalue weighted by Gasteiger charge is 2.66. The van der Waals surface area contributed by atoms with Crippen molar-refractivity contribution in [3.63, 3.8) is 0 Å². The molecule has 0 aromatic carbocycles. The molecule has 3 heterocycles. The Kier molecular flexibility index (Phi) is 32.3. The van der Waals surface area contributed by atoms with Crippen LogP contribution in [0, 0.1) is 64.1 Å². The van der Waals surface area contributed by atoms with E-state index >= 15 is 0 Å². The molecule has 2 saturated heterocycles. The molecule has 0 unspecified atom stereocenters. The van der Waals surface area contributed by atoms with Crippen molar-refractivity contribution in [1.82, 2.24) is 10.6 Å². The van der Waals surface area contributed by atoms with Gasteiger partial charge in [0.25, 0.3) is 0 Å². The van der Waals surface area contributed by atoms with E-state index in [0.717, 1.165) is 32.1 Å². The summed E-state index contributed by atoms with van der Waals surface area (Å²) in [5.41, 5.74) is 5.85. The summed E-state index contributed by atoms with van der Waals surface area (Å²) in [4.78, 5) is 40.5. The Labute approximate surface area is 592 Å². The minimum absolute atomic E-state index is 0.00413. The maximum atomic E-state index is 14.4. The molecule has 100 heavy (non-hydrogen) atoms. The Morgan fingerprint density at radius 1 is 0.620 bits per heavy atom. The van der Waals surface area contributed by atoms with Crippen LogP contribution >= 0.6 is 0 Å². The van der Waals surface area contributed by atoms with E-state index in [1.807, 2.05) is 49.5 Å². The molecular formula is C77H125N3O20. The van der Waals surface area contributed by atoms with E-state index in [-0.39, 0.29) is 96.5 Å². The molecule has 23 heteroatoms. The molecule has 0 aromatic rings. The minimum atomic E-state index is -2.32. The monoisotopic (exact) mass is 1410 g/mol. The third-order valence-electron chi connectivity index (χ3n) is 24.1. The molecule has 2 bridgehead atoms. The fraction of sp³-hybridized carbons (Fsp3) is 0.779. The molecule has 23 nitrogen and oxygen atoms in total. The zero-order valence-electron chi connectivity index (χ0n) is 60.2. The van der Waals surface area contributed by atoms with Crippen LogP contribution < -0.4 is 16.4 Å². The Morgan fingerprint density at radius 2 is 1.24 bits per heavy atom. The van der Waals surface area contributed by atoms with Gasteiger partial charge in [0.15, 0.2) is 12.1 Å². The zero-order valence-corrected chi connectivity index (χ0v) is 60.2. The Hall–Kier alpha value is -4.09. The lowest BCUT2D eigenvalue weighted by Gasteiger charge is -2.63. The van der Waals surface area contributed by atoms with Gasteiger partial charge in [-0.2, -0.15) is 0 Å². The standard InChI is InChI=1S/C77H125N3O20/c1-45(56-28-29-57-67-58(42-64(89)76(56,57)7)75(6)33-32-52(82)36-50(75)37-61(67)87)26-31-65(90)79-34-22-18-19-23-35-80-73(95)68-62(88)44-77(96)43-54(84)39-60(86)59(85)30-27-51(81)38-53(83)40-66(91)97-48(4)47(3)70(92)46(2)24-20-16-14-12-10-8-9-11-13-15-17-21-25-55(41-63(68)100-77)99-74-72(94)69(78)71(93)49(5)98-74/h8-17,20-21,24-25,45-64,67-72,74,81-89,92-94,96H,18-19,22-23,26-44,78H2,1-7H3,(H,79,90)(H,80,95)/t45-,46+,47+,48+,49-,50+,51-,52-,53-,54+,55+,56-,57+,58+,59-,60-,61-,62+,63+,64+,67+,68-,69+,70-,71-,72+,74+,75+,76-,77-/m1/s1. The van der Waals surface area contributed by atoms with Crippen LogP contribution in [0.1, 0.15) is 183 Å². The number of aliphatic hydroxyl groups is 13. The summed E-state index contributed by atoms with van der Waals surface area (Å²) in [6.07, 6.45) is 12.2. The molecule has 6 fully saturated rings. The fourth-order valence-corrected chi connectivity index (χ4v) is 17.9. The molecule has 7 aliphatic rings. The second-order valence-corrected chi connectivity index (χ2v) is 31.3. The molecule has 2 amide bonds. The first kappa shape index (κ1) is 83.2. The number of esters is 1. The normalized spacial score (nSPS) is 43.5. The number of rotatable bonds is 14. The molecule has 3 aliphatic heterocycles. The van der Waals surface area contributed by atoms with E-state index in [2.05, 4.69) is 31.4 Å². The average molecular weight is 1410 g/mol. The van der Waals surface area contributed by atoms with E-state index in [1.165, 1.54) is 0 Å². The summed E-state index contributed by atoms with van der Waals surface area (Å²) in [6, 6.07) is -1.16. The molecule has 17 N–H and O–H groups in total. The van der Waals surface area contributed by atoms with E-state index < -0.39 is 159 Å². The molecule has 7 rings (SSSR count). The predicted molar refractivity (Wildman–Crippen MR) is 376 cm³/mol. The summed E-state index contributed by atoms with van der Waals surface area (Å²) >= 11 is 0. The van der Waals surface area contributed by atoms with Gasteiger partial charge in [0.1, 0.15) is 12.2 Å². The number of unbranched alkanes of at least 4 members (excludes halogenated alkanes) is 3. The lowest BCUT2D eigenvalue weighted by molar-refractivity contribution is -0.307. The highest BCUT2D eigenvalue weighted by Crippen LogP contribution is 2.68. The summed E-state index contributed by atoms with van der Waals surface area (Å²) in [5, 5.41) is 152. The predicted octanol–water partition coefficient (Wildman–Crippen LogP) is 4.80. The van der Waals surface area contributed by atoms with E-state index in [0.29, 0.717) is 57.9 Å². The lowest BCUT2D eigenvalue weighted by atomic mass is 9.43. The number of allylic oxidation sites excluding steroid dienone is 12. The maximum Gasteiger partial charge on any atom is 0.308 e. The van der Waals surface area contributed by atoms with Gasteiger partial charge in [0.2, 0.25) is 11.8 Å². The topological polar surface area (TPSA) is 401 Å². The Bertz CT molecular complexity index is 2770. The van der Waals surface area contributed by atoms with Crippen molar-refractivity contribution in [3.05, 3.63) is 85.1 Å². The van der Waals surface area contributed by atoms with Crippen LogP contribution in [0.25, 0.3) is 0 Å². The number of carbonyl (C=O) groups excluding carboxylic acids is 3. The molecule has 4 aliphatic carbocycles. The third-order valence-corrected chi connectivity index (χ3v) is 24.1. The number of carbonyl (C=O) groups is 3. The van der Waals surface area contributed by atoms with Gasteiger partial charge in [0.05, 0.1) is 104 Å². The first-order valence-electron chi connectivity index (χ1n) is 37.4. The summed E-state index contributed by atoms with van der Waals surface area (Å²) in [6.45, 7) is 14.2.